The smallest absolute Gasteiger partial charge is 0.303 e. The van der Waals surface area contributed by atoms with Crippen LogP contribution in [0.2, 0.25) is 0 Å². The number of carboxylic acids is 1. The highest BCUT2D eigenvalue weighted by Gasteiger charge is 2.34. The van der Waals surface area contributed by atoms with Crippen LogP contribution in [-0.2, 0) is 14.8 Å². The fourth-order valence-electron chi connectivity index (χ4n) is 2.53. The highest BCUT2D eigenvalue weighted by Crippen LogP contribution is 2.32. The summed E-state index contributed by atoms with van der Waals surface area (Å²) in [6.07, 6.45) is 4.61. The molecule has 2 rings (SSSR count). The molecule has 2 fully saturated rings. The summed E-state index contributed by atoms with van der Waals surface area (Å²) in [7, 11) is -3.11. The zero-order valence-corrected chi connectivity index (χ0v) is 11.4. The van der Waals surface area contributed by atoms with Gasteiger partial charge < -0.3 is 5.11 Å². The lowest BCUT2D eigenvalue weighted by molar-refractivity contribution is -0.137. The van der Waals surface area contributed by atoms with Crippen molar-refractivity contribution in [3.63, 3.8) is 0 Å². The zero-order valence-electron chi connectivity index (χ0n) is 10.5. The summed E-state index contributed by atoms with van der Waals surface area (Å²) in [5.74, 6) is 0.0738. The Morgan fingerprint density at radius 1 is 1.22 bits per heavy atom. The molecule has 18 heavy (non-hydrogen) atoms. The maximum atomic E-state index is 12.1. The first-order valence-corrected chi connectivity index (χ1v) is 8.28. The second kappa shape index (κ2) is 5.57. The van der Waals surface area contributed by atoms with Crippen molar-refractivity contribution in [2.45, 2.75) is 38.5 Å². The Balaban J connectivity index is 1.86. The second-order valence-corrected chi connectivity index (χ2v) is 7.53. The van der Waals surface area contributed by atoms with Crippen LogP contribution in [0.15, 0.2) is 0 Å². The van der Waals surface area contributed by atoms with Gasteiger partial charge in [-0.1, -0.05) is 0 Å². The molecule has 0 bridgehead atoms. The number of rotatable bonds is 6. The molecule has 0 amide bonds. The van der Waals surface area contributed by atoms with Gasteiger partial charge in [0, 0.05) is 19.5 Å². The van der Waals surface area contributed by atoms with Crippen molar-refractivity contribution in [2.24, 2.45) is 11.8 Å². The molecule has 104 valence electrons. The molecule has 1 aliphatic heterocycles. The summed E-state index contributed by atoms with van der Waals surface area (Å²) < 4.78 is 25.8. The quantitative estimate of drug-likeness (QED) is 0.793. The van der Waals surface area contributed by atoms with Crippen molar-refractivity contribution < 1.29 is 18.3 Å². The van der Waals surface area contributed by atoms with Crippen LogP contribution in [0.5, 0.6) is 0 Å². The lowest BCUT2D eigenvalue weighted by atomic mass is 9.95. The van der Waals surface area contributed by atoms with Crippen LogP contribution in [0.3, 0.4) is 0 Å². The molecule has 0 aromatic carbocycles. The van der Waals surface area contributed by atoms with Gasteiger partial charge in [0.25, 0.3) is 0 Å². The van der Waals surface area contributed by atoms with Gasteiger partial charge in [0.05, 0.1) is 5.75 Å². The Labute approximate surface area is 108 Å². The van der Waals surface area contributed by atoms with Crippen LogP contribution in [0.4, 0.5) is 0 Å². The summed E-state index contributed by atoms with van der Waals surface area (Å²) >= 11 is 0. The number of carboxylic acid groups (broad SMARTS) is 1. The lowest BCUT2D eigenvalue weighted by Gasteiger charge is -2.31. The topological polar surface area (TPSA) is 74.7 Å². The third kappa shape index (κ3) is 3.95. The molecule has 1 aliphatic carbocycles. The first-order chi connectivity index (χ1) is 8.47. The number of sulfonamides is 1. The third-order valence-electron chi connectivity index (χ3n) is 3.78. The monoisotopic (exact) mass is 275 g/mol. The molecular formula is C12H21NO4S. The second-order valence-electron chi connectivity index (χ2n) is 5.52. The SMILES string of the molecule is O=C(O)CCC1CCCN(S(=O)(=O)CC2CC2)C1. The average molecular weight is 275 g/mol. The number of nitrogens with zero attached hydrogens (tertiary/aromatic N) is 1. The van der Waals surface area contributed by atoms with Crippen molar-refractivity contribution in [1.82, 2.24) is 4.31 Å². The van der Waals surface area contributed by atoms with Crippen LogP contribution in [0.25, 0.3) is 0 Å². The Hall–Kier alpha value is -0.620. The van der Waals surface area contributed by atoms with Gasteiger partial charge in [0.2, 0.25) is 10.0 Å². The van der Waals surface area contributed by atoms with E-state index in [1.54, 1.807) is 4.31 Å². The molecule has 1 atom stereocenters. The Bertz CT molecular complexity index is 402. The molecule has 6 heteroatoms. The van der Waals surface area contributed by atoms with E-state index >= 15 is 0 Å². The largest absolute Gasteiger partial charge is 0.481 e. The Morgan fingerprint density at radius 3 is 2.56 bits per heavy atom. The fourth-order valence-corrected chi connectivity index (χ4v) is 4.52. The summed E-state index contributed by atoms with van der Waals surface area (Å²) in [6.45, 7) is 1.13. The molecule has 0 aromatic rings. The molecule has 0 radical (unpaired) electrons. The van der Waals surface area contributed by atoms with Crippen LogP contribution >= 0.6 is 0 Å². The summed E-state index contributed by atoms with van der Waals surface area (Å²) in [5.41, 5.74) is 0. The minimum atomic E-state index is -3.11. The van der Waals surface area contributed by atoms with Crippen molar-refractivity contribution >= 4 is 16.0 Å². The van der Waals surface area contributed by atoms with Gasteiger partial charge in [-0.2, -0.15) is 0 Å². The van der Waals surface area contributed by atoms with Gasteiger partial charge in [0.1, 0.15) is 0 Å². The number of hydrogen-bond donors (Lipinski definition) is 1. The number of carbonyl (C=O) groups is 1. The minimum absolute atomic E-state index is 0.140. The van der Waals surface area contributed by atoms with Crippen molar-refractivity contribution in [3.8, 4) is 0 Å². The predicted molar refractivity (Wildman–Crippen MR) is 67.7 cm³/mol. The van der Waals surface area contributed by atoms with E-state index in [0.717, 1.165) is 25.7 Å². The molecule has 1 unspecified atom stereocenters. The zero-order chi connectivity index (χ0) is 13.2. The average Bonchev–Trinajstić information content (AvgIpc) is 3.10. The molecule has 1 N–H and O–H groups in total. The number of hydrogen-bond acceptors (Lipinski definition) is 3. The van der Waals surface area contributed by atoms with Crippen molar-refractivity contribution in [2.75, 3.05) is 18.8 Å². The van der Waals surface area contributed by atoms with E-state index in [1.165, 1.54) is 0 Å². The van der Waals surface area contributed by atoms with Gasteiger partial charge in [-0.05, 0) is 43.9 Å². The standard InChI is InChI=1S/C12H21NO4S/c14-12(15)6-5-10-2-1-7-13(8-10)18(16,17)9-11-3-4-11/h10-11H,1-9H2,(H,14,15). The Morgan fingerprint density at radius 2 is 1.94 bits per heavy atom. The molecule has 5 nitrogen and oxygen atoms in total. The van der Waals surface area contributed by atoms with Crippen LogP contribution in [-0.4, -0.2) is 42.6 Å². The number of aliphatic carboxylic acids is 1. The molecule has 1 saturated carbocycles. The lowest BCUT2D eigenvalue weighted by Crippen LogP contribution is -2.41. The first kappa shape index (κ1) is 13.8. The van der Waals surface area contributed by atoms with Crippen molar-refractivity contribution in [1.29, 1.82) is 0 Å². The van der Waals surface area contributed by atoms with Crippen LogP contribution in [0.1, 0.15) is 38.5 Å². The van der Waals surface area contributed by atoms with Gasteiger partial charge in [-0.25, -0.2) is 12.7 Å². The maximum absolute atomic E-state index is 12.1. The van der Waals surface area contributed by atoms with E-state index in [2.05, 4.69) is 0 Å². The first-order valence-electron chi connectivity index (χ1n) is 6.67. The maximum Gasteiger partial charge on any atom is 0.303 e. The van der Waals surface area contributed by atoms with E-state index in [1.807, 2.05) is 0 Å². The summed E-state index contributed by atoms with van der Waals surface area (Å²) in [4.78, 5) is 10.5. The molecule has 2 aliphatic rings. The van der Waals surface area contributed by atoms with E-state index in [0.29, 0.717) is 31.2 Å². The van der Waals surface area contributed by atoms with E-state index < -0.39 is 16.0 Å². The van der Waals surface area contributed by atoms with E-state index in [-0.39, 0.29) is 12.3 Å². The third-order valence-corrected chi connectivity index (χ3v) is 5.80. The fraction of sp³-hybridized carbons (Fsp3) is 0.917. The van der Waals surface area contributed by atoms with Crippen molar-refractivity contribution in [3.05, 3.63) is 0 Å². The molecule has 1 saturated heterocycles. The highest BCUT2D eigenvalue weighted by atomic mass is 32.2. The minimum Gasteiger partial charge on any atom is -0.481 e. The van der Waals surface area contributed by atoms with Gasteiger partial charge in [0.15, 0.2) is 0 Å². The van der Waals surface area contributed by atoms with Crippen LogP contribution < -0.4 is 0 Å². The van der Waals surface area contributed by atoms with Gasteiger partial charge in [-0.15, -0.1) is 0 Å². The molecule has 0 spiro atoms. The van der Waals surface area contributed by atoms with E-state index in [9.17, 15) is 13.2 Å². The molecule has 1 heterocycles. The summed E-state index contributed by atoms with van der Waals surface area (Å²) in [6, 6.07) is 0. The number of piperidine rings is 1. The van der Waals surface area contributed by atoms with Gasteiger partial charge >= 0.3 is 5.97 Å². The highest BCUT2D eigenvalue weighted by molar-refractivity contribution is 7.89. The van der Waals surface area contributed by atoms with E-state index in [4.69, 9.17) is 5.11 Å². The van der Waals surface area contributed by atoms with Gasteiger partial charge in [-0.3, -0.25) is 4.79 Å². The Kier molecular flexibility index (Phi) is 4.27. The molecular weight excluding hydrogens is 254 g/mol. The van der Waals surface area contributed by atoms with Crippen LogP contribution in [0, 0.1) is 11.8 Å². The predicted octanol–water partition coefficient (Wildman–Crippen LogP) is 1.30. The summed E-state index contributed by atoms with van der Waals surface area (Å²) in [5, 5.41) is 8.67. The normalized spacial score (nSPS) is 26.1. The molecule has 0 aromatic heterocycles.